The maximum atomic E-state index is 11.7. The molecule has 0 saturated carbocycles. The molecule has 6 nitrogen and oxygen atoms in total. The van der Waals surface area contributed by atoms with Crippen LogP contribution in [0.2, 0.25) is 0 Å². The van der Waals surface area contributed by atoms with E-state index in [1.165, 1.54) is 12.0 Å². The van der Waals surface area contributed by atoms with Gasteiger partial charge in [0.15, 0.2) is 0 Å². The van der Waals surface area contributed by atoms with Gasteiger partial charge >= 0.3 is 6.03 Å². The fourth-order valence-electron chi connectivity index (χ4n) is 4.34. The number of rotatable bonds is 5. The van der Waals surface area contributed by atoms with Gasteiger partial charge in [-0.1, -0.05) is 0 Å². The number of benzene rings is 1. The fourth-order valence-corrected chi connectivity index (χ4v) is 4.34. The molecule has 2 saturated heterocycles. The van der Waals surface area contributed by atoms with E-state index in [-0.39, 0.29) is 6.03 Å². The minimum Gasteiger partial charge on any atom is -0.497 e. The average Bonchev–Trinajstić information content (AvgIpc) is 3.15. The molecule has 0 aromatic heterocycles. The van der Waals surface area contributed by atoms with Crippen LogP contribution in [0.3, 0.4) is 0 Å². The minimum atomic E-state index is 0.0588. The van der Waals surface area contributed by atoms with E-state index in [1.54, 1.807) is 21.3 Å². The van der Waals surface area contributed by atoms with E-state index in [4.69, 9.17) is 9.47 Å². The number of carbonyl (C=O) groups is 1. The summed E-state index contributed by atoms with van der Waals surface area (Å²) in [6.45, 7) is 4.98. The lowest BCUT2D eigenvalue weighted by Crippen LogP contribution is -2.44. The first-order valence-corrected chi connectivity index (χ1v) is 9.54. The predicted molar refractivity (Wildman–Crippen MR) is 102 cm³/mol. The molecule has 6 heteroatoms. The van der Waals surface area contributed by atoms with Gasteiger partial charge in [0, 0.05) is 39.3 Å². The highest BCUT2D eigenvalue weighted by atomic mass is 16.5. The van der Waals surface area contributed by atoms with Gasteiger partial charge < -0.3 is 19.7 Å². The van der Waals surface area contributed by atoms with Crippen molar-refractivity contribution >= 4 is 6.03 Å². The van der Waals surface area contributed by atoms with Crippen molar-refractivity contribution in [3.8, 4) is 11.5 Å². The lowest BCUT2D eigenvalue weighted by atomic mass is 9.84. The summed E-state index contributed by atoms with van der Waals surface area (Å²) in [4.78, 5) is 16.2. The minimum absolute atomic E-state index is 0.0588. The Morgan fingerprint density at radius 3 is 2.23 bits per heavy atom. The number of urea groups is 1. The summed E-state index contributed by atoms with van der Waals surface area (Å²) in [7, 11) is 5.09. The second kappa shape index (κ2) is 8.62. The molecule has 2 aliphatic heterocycles. The molecule has 1 aromatic rings. The second-order valence-corrected chi connectivity index (χ2v) is 7.38. The van der Waals surface area contributed by atoms with E-state index in [1.807, 2.05) is 11.0 Å². The number of hydrogen-bond donors (Lipinski definition) is 1. The van der Waals surface area contributed by atoms with Crippen molar-refractivity contribution in [3.05, 3.63) is 23.8 Å². The predicted octanol–water partition coefficient (Wildman–Crippen LogP) is 2.58. The largest absolute Gasteiger partial charge is 0.497 e. The van der Waals surface area contributed by atoms with Crippen molar-refractivity contribution in [1.82, 2.24) is 15.1 Å². The molecular formula is C20H31N3O3. The van der Waals surface area contributed by atoms with E-state index in [9.17, 15) is 4.79 Å². The molecule has 0 radical (unpaired) electrons. The standard InChI is InChI=1S/C20H31N3O3/c1-21-20(24)23-8-5-16(6-9-23)17-4-7-22(14-17)13-15-10-18(25-2)12-19(11-15)26-3/h10-12,16-17H,4-9,13-14H2,1-3H3,(H,21,24). The van der Waals surface area contributed by atoms with E-state index in [0.29, 0.717) is 0 Å². The van der Waals surface area contributed by atoms with Gasteiger partial charge in [-0.2, -0.15) is 0 Å². The lowest BCUT2D eigenvalue weighted by Gasteiger charge is -2.34. The monoisotopic (exact) mass is 361 g/mol. The molecule has 1 N–H and O–H groups in total. The summed E-state index contributed by atoms with van der Waals surface area (Å²) in [6.07, 6.45) is 3.50. The Kier molecular flexibility index (Phi) is 6.25. The summed E-state index contributed by atoms with van der Waals surface area (Å²) >= 11 is 0. The Hall–Kier alpha value is -1.95. The van der Waals surface area contributed by atoms with Crippen molar-refractivity contribution in [2.24, 2.45) is 11.8 Å². The second-order valence-electron chi connectivity index (χ2n) is 7.38. The zero-order valence-electron chi connectivity index (χ0n) is 16.2. The third-order valence-electron chi connectivity index (χ3n) is 5.83. The highest BCUT2D eigenvalue weighted by Crippen LogP contribution is 2.33. The van der Waals surface area contributed by atoms with E-state index < -0.39 is 0 Å². The maximum Gasteiger partial charge on any atom is 0.317 e. The third kappa shape index (κ3) is 4.41. The fraction of sp³-hybridized carbons (Fsp3) is 0.650. The SMILES string of the molecule is CNC(=O)N1CCC(C2CCN(Cc3cc(OC)cc(OC)c3)C2)CC1. The van der Waals surface area contributed by atoms with Crippen LogP contribution in [-0.4, -0.2) is 63.3 Å². The molecule has 0 bridgehead atoms. The zero-order chi connectivity index (χ0) is 18.5. The molecule has 0 spiro atoms. The zero-order valence-corrected chi connectivity index (χ0v) is 16.2. The topological polar surface area (TPSA) is 54.0 Å². The molecule has 1 atom stereocenters. The van der Waals surface area contributed by atoms with Crippen LogP contribution >= 0.6 is 0 Å². The molecule has 2 heterocycles. The summed E-state index contributed by atoms with van der Waals surface area (Å²) < 4.78 is 10.8. The van der Waals surface area contributed by atoms with Gasteiger partial charge in [0.25, 0.3) is 0 Å². The van der Waals surface area contributed by atoms with Crippen LogP contribution in [0.15, 0.2) is 18.2 Å². The first-order chi connectivity index (χ1) is 12.6. The van der Waals surface area contributed by atoms with Crippen LogP contribution in [0, 0.1) is 11.8 Å². The van der Waals surface area contributed by atoms with Crippen molar-refractivity contribution in [3.63, 3.8) is 0 Å². The normalized spacial score (nSPS) is 21.7. The number of carbonyl (C=O) groups excluding carboxylic acids is 1. The van der Waals surface area contributed by atoms with E-state index in [0.717, 1.165) is 68.9 Å². The molecular weight excluding hydrogens is 330 g/mol. The van der Waals surface area contributed by atoms with Crippen molar-refractivity contribution < 1.29 is 14.3 Å². The number of nitrogens with one attached hydrogen (secondary N) is 1. The van der Waals surface area contributed by atoms with E-state index in [2.05, 4.69) is 22.3 Å². The highest BCUT2D eigenvalue weighted by Gasteiger charge is 2.32. The Labute approximate surface area is 156 Å². The van der Waals surface area contributed by atoms with Gasteiger partial charge in [-0.05, 0) is 55.3 Å². The first-order valence-electron chi connectivity index (χ1n) is 9.54. The summed E-state index contributed by atoms with van der Waals surface area (Å²) in [5, 5.41) is 2.73. The van der Waals surface area contributed by atoms with Crippen molar-refractivity contribution in [2.75, 3.05) is 47.4 Å². The van der Waals surface area contributed by atoms with Crippen LogP contribution < -0.4 is 14.8 Å². The highest BCUT2D eigenvalue weighted by molar-refractivity contribution is 5.73. The average molecular weight is 361 g/mol. The summed E-state index contributed by atoms with van der Waals surface area (Å²) in [5.74, 6) is 3.17. The summed E-state index contributed by atoms with van der Waals surface area (Å²) in [5.41, 5.74) is 1.23. The number of nitrogens with zero attached hydrogens (tertiary/aromatic N) is 2. The smallest absolute Gasteiger partial charge is 0.317 e. The number of amides is 2. The van der Waals surface area contributed by atoms with Gasteiger partial charge in [-0.3, -0.25) is 4.90 Å². The Morgan fingerprint density at radius 1 is 1.04 bits per heavy atom. The number of ether oxygens (including phenoxy) is 2. The van der Waals surface area contributed by atoms with E-state index >= 15 is 0 Å². The summed E-state index contributed by atoms with van der Waals surface area (Å²) in [6, 6.07) is 6.16. The van der Waals surface area contributed by atoms with Crippen LogP contribution in [0.4, 0.5) is 4.79 Å². The van der Waals surface area contributed by atoms with Crippen LogP contribution in [0.5, 0.6) is 11.5 Å². The molecule has 1 aromatic carbocycles. The van der Waals surface area contributed by atoms with Crippen LogP contribution in [0.1, 0.15) is 24.8 Å². The van der Waals surface area contributed by atoms with Gasteiger partial charge in [0.1, 0.15) is 11.5 Å². The Balaban J connectivity index is 1.52. The first kappa shape index (κ1) is 18.8. The Bertz CT molecular complexity index is 592. The van der Waals surface area contributed by atoms with Gasteiger partial charge in [-0.25, -0.2) is 4.79 Å². The molecule has 0 aliphatic carbocycles. The van der Waals surface area contributed by atoms with Crippen LogP contribution in [0.25, 0.3) is 0 Å². The van der Waals surface area contributed by atoms with Crippen molar-refractivity contribution in [1.29, 1.82) is 0 Å². The number of piperidine rings is 1. The molecule has 144 valence electrons. The molecule has 3 rings (SSSR count). The molecule has 26 heavy (non-hydrogen) atoms. The van der Waals surface area contributed by atoms with Gasteiger partial charge in [0.05, 0.1) is 14.2 Å². The molecule has 2 fully saturated rings. The lowest BCUT2D eigenvalue weighted by molar-refractivity contribution is 0.150. The maximum absolute atomic E-state index is 11.7. The number of likely N-dealkylation sites (tertiary alicyclic amines) is 2. The quantitative estimate of drug-likeness (QED) is 0.876. The van der Waals surface area contributed by atoms with Gasteiger partial charge in [0.2, 0.25) is 0 Å². The molecule has 1 unspecified atom stereocenters. The van der Waals surface area contributed by atoms with Gasteiger partial charge in [-0.15, -0.1) is 0 Å². The van der Waals surface area contributed by atoms with Crippen LogP contribution in [-0.2, 0) is 6.54 Å². The van der Waals surface area contributed by atoms with Crippen molar-refractivity contribution in [2.45, 2.75) is 25.8 Å². The molecule has 2 aliphatic rings. The molecule has 2 amide bonds. The Morgan fingerprint density at radius 2 is 1.65 bits per heavy atom. The number of methoxy groups -OCH3 is 2. The number of hydrogen-bond acceptors (Lipinski definition) is 4. The third-order valence-corrected chi connectivity index (χ3v) is 5.83.